The molecular formula is C10H17N3S. The Labute approximate surface area is 89.5 Å². The minimum atomic E-state index is 0.643. The summed E-state index contributed by atoms with van der Waals surface area (Å²) in [6.45, 7) is 5.46. The van der Waals surface area contributed by atoms with Gasteiger partial charge in [-0.15, -0.1) is 0 Å². The molecule has 2 rings (SSSR count). The van der Waals surface area contributed by atoms with Gasteiger partial charge in [0.25, 0.3) is 0 Å². The van der Waals surface area contributed by atoms with Gasteiger partial charge in [0.1, 0.15) is 5.82 Å². The van der Waals surface area contributed by atoms with Crippen LogP contribution in [0.5, 0.6) is 0 Å². The van der Waals surface area contributed by atoms with Gasteiger partial charge in [-0.2, -0.15) is 5.10 Å². The summed E-state index contributed by atoms with van der Waals surface area (Å²) in [6, 6.07) is 0. The summed E-state index contributed by atoms with van der Waals surface area (Å²) in [5.74, 6) is 2.68. The fraction of sp³-hybridized carbons (Fsp3) is 0.800. The number of nitrogens with zero attached hydrogens (tertiary/aromatic N) is 2. The molecule has 1 fully saturated rings. The Morgan fingerprint density at radius 2 is 2.29 bits per heavy atom. The van der Waals surface area contributed by atoms with Crippen LogP contribution >= 0.6 is 12.2 Å². The first-order chi connectivity index (χ1) is 6.72. The first kappa shape index (κ1) is 9.90. The summed E-state index contributed by atoms with van der Waals surface area (Å²) in [5.41, 5.74) is 0. The molecule has 1 aromatic heterocycles. The van der Waals surface area contributed by atoms with Crippen molar-refractivity contribution in [3.63, 3.8) is 0 Å². The zero-order chi connectivity index (χ0) is 10.1. The van der Waals surface area contributed by atoms with Crippen molar-refractivity contribution < 1.29 is 0 Å². The minimum Gasteiger partial charge on any atom is -0.304 e. The van der Waals surface area contributed by atoms with Crippen molar-refractivity contribution in [2.75, 3.05) is 0 Å². The molecular weight excluding hydrogens is 194 g/mol. The van der Waals surface area contributed by atoms with Crippen LogP contribution in [0.2, 0.25) is 0 Å². The maximum atomic E-state index is 5.20. The molecule has 0 aromatic carbocycles. The lowest BCUT2D eigenvalue weighted by Gasteiger charge is -2.31. The molecule has 0 spiro atoms. The van der Waals surface area contributed by atoms with Crippen molar-refractivity contribution in [3.05, 3.63) is 10.6 Å². The van der Waals surface area contributed by atoms with E-state index in [0.29, 0.717) is 5.92 Å². The van der Waals surface area contributed by atoms with Gasteiger partial charge in [0, 0.05) is 12.5 Å². The van der Waals surface area contributed by atoms with E-state index in [0.717, 1.165) is 23.7 Å². The first-order valence-electron chi connectivity index (χ1n) is 5.37. The smallest absolute Gasteiger partial charge is 0.195 e. The highest BCUT2D eigenvalue weighted by atomic mass is 32.1. The van der Waals surface area contributed by atoms with E-state index in [1.165, 1.54) is 18.7 Å². The van der Waals surface area contributed by atoms with Crippen molar-refractivity contribution in [2.45, 2.75) is 45.6 Å². The van der Waals surface area contributed by atoms with E-state index in [4.69, 9.17) is 12.2 Å². The van der Waals surface area contributed by atoms with Crippen LogP contribution in [0.3, 0.4) is 0 Å². The summed E-state index contributed by atoms with van der Waals surface area (Å²) < 4.78 is 2.94. The molecule has 1 aliphatic carbocycles. The molecule has 0 unspecified atom stereocenters. The van der Waals surface area contributed by atoms with Crippen LogP contribution in [0.25, 0.3) is 0 Å². The summed E-state index contributed by atoms with van der Waals surface area (Å²) in [7, 11) is 0. The molecule has 14 heavy (non-hydrogen) atoms. The molecule has 0 amide bonds. The summed E-state index contributed by atoms with van der Waals surface area (Å²) in [5, 5.41) is 7.24. The number of aromatic amines is 1. The average molecular weight is 211 g/mol. The number of nitrogens with one attached hydrogen (secondary N) is 1. The van der Waals surface area contributed by atoms with Crippen LogP contribution in [0.1, 0.15) is 44.9 Å². The van der Waals surface area contributed by atoms with Gasteiger partial charge in [0.15, 0.2) is 4.77 Å². The Kier molecular flexibility index (Phi) is 2.72. The molecule has 0 saturated heterocycles. The van der Waals surface area contributed by atoms with Gasteiger partial charge in [-0.1, -0.05) is 13.8 Å². The van der Waals surface area contributed by atoms with E-state index in [2.05, 4.69) is 28.6 Å². The monoisotopic (exact) mass is 211 g/mol. The highest BCUT2D eigenvalue weighted by molar-refractivity contribution is 7.71. The molecule has 3 nitrogen and oxygen atoms in total. The van der Waals surface area contributed by atoms with Crippen molar-refractivity contribution in [3.8, 4) is 0 Å². The second kappa shape index (κ2) is 3.85. The van der Waals surface area contributed by atoms with Crippen molar-refractivity contribution in [1.29, 1.82) is 0 Å². The fourth-order valence-electron chi connectivity index (χ4n) is 2.19. The minimum absolute atomic E-state index is 0.643. The van der Waals surface area contributed by atoms with Gasteiger partial charge < -0.3 is 4.57 Å². The van der Waals surface area contributed by atoms with Gasteiger partial charge in [0.05, 0.1) is 0 Å². The van der Waals surface area contributed by atoms with Crippen LogP contribution in [0.15, 0.2) is 0 Å². The van der Waals surface area contributed by atoms with Gasteiger partial charge in [-0.3, -0.25) is 5.10 Å². The Morgan fingerprint density at radius 1 is 1.57 bits per heavy atom. The SMILES string of the molecule is CCCn1c(C2CC(C)C2)n[nH]c1=S. The van der Waals surface area contributed by atoms with Crippen molar-refractivity contribution in [2.24, 2.45) is 5.92 Å². The van der Waals surface area contributed by atoms with E-state index >= 15 is 0 Å². The van der Waals surface area contributed by atoms with E-state index < -0.39 is 0 Å². The Morgan fingerprint density at radius 3 is 2.86 bits per heavy atom. The van der Waals surface area contributed by atoms with Gasteiger partial charge >= 0.3 is 0 Å². The highest BCUT2D eigenvalue weighted by Crippen LogP contribution is 2.40. The molecule has 1 aliphatic rings. The van der Waals surface area contributed by atoms with Crippen LogP contribution in [0, 0.1) is 10.7 Å². The Bertz CT molecular complexity index is 360. The molecule has 78 valence electrons. The lowest BCUT2D eigenvalue weighted by Crippen LogP contribution is -2.22. The van der Waals surface area contributed by atoms with Gasteiger partial charge in [-0.25, -0.2) is 0 Å². The van der Waals surface area contributed by atoms with Gasteiger partial charge in [-0.05, 0) is 37.4 Å². The maximum absolute atomic E-state index is 5.20. The average Bonchev–Trinajstić information content (AvgIpc) is 2.44. The normalized spacial score (nSPS) is 26.1. The third-order valence-electron chi connectivity index (χ3n) is 2.97. The van der Waals surface area contributed by atoms with E-state index in [1.54, 1.807) is 0 Å². The number of hydrogen-bond acceptors (Lipinski definition) is 2. The predicted octanol–water partition coefficient (Wildman–Crippen LogP) is 2.86. The van der Waals surface area contributed by atoms with Crippen LogP contribution in [-0.2, 0) is 6.54 Å². The van der Waals surface area contributed by atoms with Crippen molar-refractivity contribution in [1.82, 2.24) is 14.8 Å². The zero-order valence-electron chi connectivity index (χ0n) is 8.79. The molecule has 0 atom stereocenters. The van der Waals surface area contributed by atoms with E-state index in [9.17, 15) is 0 Å². The molecule has 0 bridgehead atoms. The molecule has 0 aliphatic heterocycles. The highest BCUT2D eigenvalue weighted by Gasteiger charge is 2.30. The van der Waals surface area contributed by atoms with Crippen molar-refractivity contribution >= 4 is 12.2 Å². The predicted molar refractivity (Wildman–Crippen MR) is 58.8 cm³/mol. The topological polar surface area (TPSA) is 33.6 Å². The standard InChI is InChI=1S/C10H17N3S/c1-3-4-13-9(11-12-10(13)14)8-5-7(2)6-8/h7-8H,3-6H2,1-2H3,(H,12,14). The molecule has 4 heteroatoms. The number of H-pyrrole nitrogens is 1. The lowest BCUT2D eigenvalue weighted by atomic mass is 9.75. The Balaban J connectivity index is 2.20. The number of hydrogen-bond donors (Lipinski definition) is 1. The molecule has 1 aromatic rings. The maximum Gasteiger partial charge on any atom is 0.195 e. The third kappa shape index (κ3) is 1.63. The molecule has 1 saturated carbocycles. The lowest BCUT2D eigenvalue weighted by molar-refractivity contribution is 0.270. The molecule has 1 heterocycles. The molecule has 1 N–H and O–H groups in total. The van der Waals surface area contributed by atoms with Crippen LogP contribution in [0.4, 0.5) is 0 Å². The van der Waals surface area contributed by atoms with E-state index in [-0.39, 0.29) is 0 Å². The van der Waals surface area contributed by atoms with Crippen LogP contribution < -0.4 is 0 Å². The molecule has 0 radical (unpaired) electrons. The Hall–Kier alpha value is -0.640. The second-order valence-electron chi connectivity index (χ2n) is 4.31. The summed E-state index contributed by atoms with van der Waals surface area (Å²) in [4.78, 5) is 0. The van der Waals surface area contributed by atoms with Gasteiger partial charge in [0.2, 0.25) is 0 Å². The second-order valence-corrected chi connectivity index (χ2v) is 4.70. The zero-order valence-corrected chi connectivity index (χ0v) is 9.60. The summed E-state index contributed by atoms with van der Waals surface area (Å²) >= 11 is 5.20. The fourth-order valence-corrected chi connectivity index (χ4v) is 2.42. The largest absolute Gasteiger partial charge is 0.304 e. The first-order valence-corrected chi connectivity index (χ1v) is 5.78. The van der Waals surface area contributed by atoms with E-state index in [1.807, 2.05) is 0 Å². The quantitative estimate of drug-likeness (QED) is 0.780. The summed E-state index contributed by atoms with van der Waals surface area (Å²) in [6.07, 6.45) is 3.65. The third-order valence-corrected chi connectivity index (χ3v) is 3.29. The number of rotatable bonds is 3. The number of aromatic nitrogens is 3. The van der Waals surface area contributed by atoms with Crippen LogP contribution in [-0.4, -0.2) is 14.8 Å².